The molecule has 4 unspecified atom stereocenters. The summed E-state index contributed by atoms with van der Waals surface area (Å²) in [5.41, 5.74) is 5.03. The molecule has 0 saturated carbocycles. The number of primary amides is 1. The molecule has 0 heterocycles. The van der Waals surface area contributed by atoms with Crippen LogP contribution in [0.25, 0.3) is 0 Å². The number of likely N-dealkylation sites (N-methyl/N-ethyl adjacent to an activating group) is 1. The minimum Gasteiger partial charge on any atom is -0.394 e. The van der Waals surface area contributed by atoms with Gasteiger partial charge in [0.2, 0.25) is 23.6 Å². The molecule has 0 aliphatic rings. The summed E-state index contributed by atoms with van der Waals surface area (Å²) in [6.45, 7) is 7.50. The highest BCUT2D eigenvalue weighted by molar-refractivity contribution is 7.99. The molecule has 0 aliphatic heterocycles. The van der Waals surface area contributed by atoms with Gasteiger partial charge in [-0.15, -0.1) is 0 Å². The highest BCUT2D eigenvalue weighted by atomic mass is 32.2. The van der Waals surface area contributed by atoms with E-state index >= 15 is 0 Å². The zero-order valence-electron chi connectivity index (χ0n) is 41.9. The quantitative estimate of drug-likeness (QED) is 0.0193. The number of amides is 4. The SMILES string of the molecule is CCCCCCCCCCCCCCCCOOCC(CSCC(NC)C(=O)NC(CO)C(=O)NCCCCCC(=O)NCC(N)=O)OOCC(C)CCCCCCCCCCCCC. The molecule has 0 aromatic carbocycles. The van der Waals surface area contributed by atoms with Crippen LogP contribution in [0.15, 0.2) is 0 Å². The van der Waals surface area contributed by atoms with Crippen LogP contribution in [-0.2, 0) is 38.7 Å². The van der Waals surface area contributed by atoms with Gasteiger partial charge in [0.05, 0.1) is 32.4 Å². The van der Waals surface area contributed by atoms with Gasteiger partial charge in [-0.1, -0.05) is 181 Å². The Kier molecular flexibility index (Phi) is 46.9. The third-order valence-electron chi connectivity index (χ3n) is 11.7. The van der Waals surface area contributed by atoms with Crippen LogP contribution in [0.4, 0.5) is 0 Å². The summed E-state index contributed by atoms with van der Waals surface area (Å²) in [6.07, 6.45) is 35.5. The maximum absolute atomic E-state index is 13.2. The number of nitrogens with two attached hydrogens (primary N) is 1. The fraction of sp³-hybridized carbons (Fsp3) is 0.920. The molecule has 4 amide bonds. The Morgan fingerprint density at radius 1 is 0.585 bits per heavy atom. The van der Waals surface area contributed by atoms with E-state index in [2.05, 4.69) is 42.0 Å². The van der Waals surface area contributed by atoms with Gasteiger partial charge in [-0.25, -0.2) is 19.6 Å². The number of rotatable bonds is 51. The number of nitrogens with one attached hydrogen (secondary N) is 4. The van der Waals surface area contributed by atoms with Crippen LogP contribution in [0.3, 0.4) is 0 Å². The van der Waals surface area contributed by atoms with Gasteiger partial charge in [-0.05, 0) is 38.6 Å². The molecule has 65 heavy (non-hydrogen) atoms. The minimum absolute atomic E-state index is 0.185. The lowest BCUT2D eigenvalue weighted by atomic mass is 10.0. The average molecular weight is 946 g/mol. The number of carbonyl (C=O) groups is 4. The summed E-state index contributed by atoms with van der Waals surface area (Å²) >= 11 is 1.49. The van der Waals surface area contributed by atoms with E-state index in [1.54, 1.807) is 7.05 Å². The Morgan fingerprint density at radius 2 is 1.11 bits per heavy atom. The topological polar surface area (TPSA) is 200 Å². The second kappa shape index (κ2) is 48.4. The van der Waals surface area contributed by atoms with Crippen LogP contribution in [0.5, 0.6) is 0 Å². The molecule has 0 aromatic rings. The van der Waals surface area contributed by atoms with Crippen molar-refractivity contribution in [2.75, 3.05) is 58.1 Å². The average Bonchev–Trinajstić information content (AvgIpc) is 3.29. The number of thioether (sulfide) groups is 1. The molecule has 4 atom stereocenters. The van der Waals surface area contributed by atoms with Gasteiger partial charge in [0, 0.05) is 24.5 Å². The van der Waals surface area contributed by atoms with Crippen molar-refractivity contribution in [2.45, 2.75) is 232 Å². The molecule has 7 N–H and O–H groups in total. The minimum atomic E-state index is -1.11. The Labute approximate surface area is 400 Å². The van der Waals surface area contributed by atoms with Gasteiger partial charge in [0.1, 0.15) is 18.8 Å². The van der Waals surface area contributed by atoms with E-state index < -0.39 is 42.5 Å². The third kappa shape index (κ3) is 43.0. The van der Waals surface area contributed by atoms with Gasteiger partial charge in [0.15, 0.2) is 0 Å². The Balaban J connectivity index is 4.67. The van der Waals surface area contributed by atoms with E-state index in [9.17, 15) is 24.3 Å². The fourth-order valence-electron chi connectivity index (χ4n) is 7.40. The van der Waals surface area contributed by atoms with Gasteiger partial charge in [-0.3, -0.25) is 19.2 Å². The summed E-state index contributed by atoms with van der Waals surface area (Å²) < 4.78 is 0. The lowest BCUT2D eigenvalue weighted by Gasteiger charge is -2.22. The zero-order valence-corrected chi connectivity index (χ0v) is 42.7. The molecule has 384 valence electrons. The molecule has 14 nitrogen and oxygen atoms in total. The zero-order chi connectivity index (χ0) is 47.9. The van der Waals surface area contributed by atoms with Crippen LogP contribution in [0.1, 0.15) is 213 Å². The van der Waals surface area contributed by atoms with E-state index in [1.165, 1.54) is 159 Å². The van der Waals surface area contributed by atoms with Crippen LogP contribution in [-0.4, -0.2) is 105 Å². The first kappa shape index (κ1) is 63.0. The second-order valence-electron chi connectivity index (χ2n) is 18.1. The van der Waals surface area contributed by atoms with Crippen LogP contribution < -0.4 is 27.0 Å². The van der Waals surface area contributed by atoms with E-state index in [1.807, 2.05) is 0 Å². The normalized spacial score (nSPS) is 13.3. The predicted molar refractivity (Wildman–Crippen MR) is 266 cm³/mol. The Bertz CT molecular complexity index is 1110. The highest BCUT2D eigenvalue weighted by Gasteiger charge is 2.25. The monoisotopic (exact) mass is 946 g/mol. The predicted octanol–water partition coefficient (Wildman–Crippen LogP) is 9.15. The summed E-state index contributed by atoms with van der Waals surface area (Å²) in [6, 6.07) is -1.74. The maximum Gasteiger partial charge on any atom is 0.244 e. The van der Waals surface area contributed by atoms with Crippen molar-refractivity contribution in [3.8, 4) is 0 Å². The number of hydrogen-bond donors (Lipinski definition) is 6. The molecule has 0 fully saturated rings. The van der Waals surface area contributed by atoms with Crippen LogP contribution >= 0.6 is 11.8 Å². The smallest absolute Gasteiger partial charge is 0.244 e. The van der Waals surface area contributed by atoms with Crippen molar-refractivity contribution in [3.05, 3.63) is 0 Å². The second-order valence-corrected chi connectivity index (χ2v) is 19.2. The number of carbonyl (C=O) groups excluding carboxylic acids is 4. The van der Waals surface area contributed by atoms with Crippen molar-refractivity contribution in [2.24, 2.45) is 11.7 Å². The summed E-state index contributed by atoms with van der Waals surface area (Å²) in [5, 5.41) is 20.7. The first-order chi connectivity index (χ1) is 31.7. The van der Waals surface area contributed by atoms with Crippen molar-refractivity contribution >= 4 is 35.4 Å². The molecule has 0 aliphatic carbocycles. The van der Waals surface area contributed by atoms with E-state index in [-0.39, 0.29) is 25.5 Å². The lowest BCUT2D eigenvalue weighted by Crippen LogP contribution is -2.54. The largest absolute Gasteiger partial charge is 0.394 e. The van der Waals surface area contributed by atoms with E-state index in [0.717, 1.165) is 19.3 Å². The van der Waals surface area contributed by atoms with Gasteiger partial charge >= 0.3 is 0 Å². The van der Waals surface area contributed by atoms with Crippen molar-refractivity contribution < 1.29 is 43.8 Å². The van der Waals surface area contributed by atoms with Gasteiger partial charge in [-0.2, -0.15) is 11.8 Å². The number of aliphatic hydroxyl groups is 1. The van der Waals surface area contributed by atoms with E-state index in [0.29, 0.717) is 56.4 Å². The molecule has 0 spiro atoms. The van der Waals surface area contributed by atoms with Crippen molar-refractivity contribution in [3.63, 3.8) is 0 Å². The highest BCUT2D eigenvalue weighted by Crippen LogP contribution is 2.17. The fourth-order valence-corrected chi connectivity index (χ4v) is 8.51. The van der Waals surface area contributed by atoms with Crippen molar-refractivity contribution in [1.29, 1.82) is 0 Å². The summed E-state index contributed by atoms with van der Waals surface area (Å²) in [4.78, 5) is 71.2. The standard InChI is InChI=1S/C50H99N5O9S/c1-5-7-9-11-13-15-17-18-19-21-23-25-27-32-36-61-62-40-44(64-63-39-43(3)33-29-26-24-22-20-16-14-12-10-8-6-2)41-65-42-46(52-4)50(60)55-45(38-56)49(59)53-35-31-28-30-34-48(58)54-37-47(51)57/h43-46,52,56H,5-42H2,1-4H3,(H2,51,57)(H,53,59)(H,54,58)(H,55,60). The molecule has 0 bridgehead atoms. The molecular formula is C50H99N5O9S. The first-order valence-electron chi connectivity index (χ1n) is 26.2. The number of unbranched alkanes of at least 4 members (excludes halogenated alkanes) is 25. The Hall–Kier alpha value is -2.01. The maximum atomic E-state index is 13.2. The van der Waals surface area contributed by atoms with Crippen molar-refractivity contribution in [1.82, 2.24) is 21.3 Å². The summed E-state index contributed by atoms with van der Waals surface area (Å²) in [7, 11) is 1.68. The van der Waals surface area contributed by atoms with Gasteiger partial charge < -0.3 is 32.1 Å². The molecule has 0 radical (unpaired) electrons. The van der Waals surface area contributed by atoms with E-state index in [4.69, 9.17) is 25.3 Å². The first-order valence-corrected chi connectivity index (χ1v) is 27.3. The molecule has 0 rings (SSSR count). The lowest BCUT2D eigenvalue weighted by molar-refractivity contribution is -0.365. The number of aliphatic hydroxyl groups excluding tert-OH is 1. The summed E-state index contributed by atoms with van der Waals surface area (Å²) in [5.74, 6) is -0.529. The van der Waals surface area contributed by atoms with Crippen LogP contribution in [0, 0.1) is 5.92 Å². The molecule has 0 saturated heterocycles. The van der Waals surface area contributed by atoms with Crippen LogP contribution in [0.2, 0.25) is 0 Å². The number of hydrogen-bond acceptors (Lipinski definition) is 11. The molecular weight excluding hydrogens is 847 g/mol. The Morgan fingerprint density at radius 3 is 1.63 bits per heavy atom. The van der Waals surface area contributed by atoms with Gasteiger partial charge in [0.25, 0.3) is 0 Å². The molecule has 15 heteroatoms. The third-order valence-corrected chi connectivity index (χ3v) is 12.9. The molecule has 0 aromatic heterocycles.